The van der Waals surface area contributed by atoms with Crippen molar-refractivity contribution in [3.05, 3.63) is 75.5 Å². The highest BCUT2D eigenvalue weighted by Gasteiger charge is 2.22. The molecule has 0 bridgehead atoms. The first-order valence-corrected chi connectivity index (χ1v) is 10.1. The average Bonchev–Trinajstić information content (AvgIpc) is 3.40. The molecule has 0 saturated carbocycles. The number of aromatic nitrogens is 5. The van der Waals surface area contributed by atoms with Crippen molar-refractivity contribution in [2.75, 3.05) is 5.73 Å². The first-order valence-electron chi connectivity index (χ1n) is 9.35. The number of aryl methyl sites for hydroxylation is 1. The minimum absolute atomic E-state index is 0.0211. The Labute approximate surface area is 194 Å². The maximum atomic E-state index is 12.7. The Morgan fingerprint density at radius 2 is 2.00 bits per heavy atom. The smallest absolute Gasteiger partial charge is 0.343 e. The summed E-state index contributed by atoms with van der Waals surface area (Å²) < 4.78 is 11.8. The number of hydrogen-bond donors (Lipinski definition) is 2. The number of benzene rings is 2. The predicted molar refractivity (Wildman–Crippen MR) is 119 cm³/mol. The number of nitrogens with zero attached hydrogens (tertiary/aromatic N) is 6. The molecule has 0 unspecified atom stereocenters. The van der Waals surface area contributed by atoms with E-state index in [9.17, 15) is 9.59 Å². The number of carbonyl (C=O) groups is 2. The molecule has 1 amide bonds. The van der Waals surface area contributed by atoms with Crippen LogP contribution in [0.15, 0.2) is 62.7 Å². The Morgan fingerprint density at radius 3 is 2.73 bits per heavy atom. The number of hydrogen-bond acceptors (Lipinski definition) is 10. The van der Waals surface area contributed by atoms with Gasteiger partial charge in [-0.3, -0.25) is 4.79 Å². The van der Waals surface area contributed by atoms with E-state index >= 15 is 0 Å². The molecule has 0 fully saturated rings. The molecule has 13 heteroatoms. The molecule has 4 aromatic rings. The average molecular weight is 511 g/mol. The van der Waals surface area contributed by atoms with E-state index in [4.69, 9.17) is 10.5 Å². The van der Waals surface area contributed by atoms with E-state index in [1.54, 1.807) is 55.5 Å². The summed E-state index contributed by atoms with van der Waals surface area (Å²) in [6, 6.07) is 13.6. The lowest BCUT2D eigenvalue weighted by atomic mass is 10.2. The lowest BCUT2D eigenvalue weighted by Gasteiger charge is -2.08. The van der Waals surface area contributed by atoms with Crippen molar-refractivity contribution < 1.29 is 19.0 Å². The zero-order chi connectivity index (χ0) is 23.4. The molecular formula is C20H15BrN8O4. The van der Waals surface area contributed by atoms with Crippen LogP contribution in [0.3, 0.4) is 0 Å². The summed E-state index contributed by atoms with van der Waals surface area (Å²) in [5, 5.41) is 18.7. The third-order valence-corrected chi connectivity index (χ3v) is 4.80. The van der Waals surface area contributed by atoms with E-state index in [2.05, 4.69) is 51.7 Å². The molecule has 2 heterocycles. The number of amides is 1. The number of halogens is 1. The second kappa shape index (κ2) is 9.40. The first-order chi connectivity index (χ1) is 15.9. The van der Waals surface area contributed by atoms with Gasteiger partial charge >= 0.3 is 5.97 Å². The molecule has 0 aliphatic heterocycles. The Hall–Kier alpha value is -4.39. The summed E-state index contributed by atoms with van der Waals surface area (Å²) in [4.78, 5) is 25.1. The van der Waals surface area contributed by atoms with Crippen LogP contribution < -0.4 is 15.9 Å². The standard InChI is InChI=1S/C20H15BrN8O4/c1-11-16(29(28-24-11)18-17(22)26-33-27-18)19(30)25-23-10-13-7-8-14(21)9-15(13)32-20(31)12-5-3-2-4-6-12/h2-10H,1H3,(H2,22,26)(H,25,30)/b23-10+. The zero-order valence-electron chi connectivity index (χ0n) is 17.0. The largest absolute Gasteiger partial charge is 0.422 e. The van der Waals surface area contributed by atoms with Gasteiger partial charge in [-0.25, -0.2) is 14.8 Å². The fourth-order valence-electron chi connectivity index (χ4n) is 2.75. The van der Waals surface area contributed by atoms with Crippen LogP contribution in [0.25, 0.3) is 5.82 Å². The molecule has 0 spiro atoms. The summed E-state index contributed by atoms with van der Waals surface area (Å²) in [5.74, 6) is -0.946. The van der Waals surface area contributed by atoms with Crippen molar-refractivity contribution in [3.8, 4) is 11.6 Å². The zero-order valence-corrected chi connectivity index (χ0v) is 18.6. The minimum Gasteiger partial charge on any atom is -0.422 e. The quantitative estimate of drug-likeness (QED) is 0.171. The van der Waals surface area contributed by atoms with Gasteiger partial charge < -0.3 is 10.5 Å². The fraction of sp³-hybridized carbons (Fsp3) is 0.0500. The summed E-state index contributed by atoms with van der Waals surface area (Å²) in [7, 11) is 0. The number of anilines is 1. The second-order valence-corrected chi connectivity index (χ2v) is 7.46. The van der Waals surface area contributed by atoms with E-state index in [-0.39, 0.29) is 23.1 Å². The van der Waals surface area contributed by atoms with Gasteiger partial charge in [0.25, 0.3) is 5.91 Å². The van der Waals surface area contributed by atoms with Gasteiger partial charge in [0.05, 0.1) is 17.5 Å². The van der Waals surface area contributed by atoms with Crippen molar-refractivity contribution >= 4 is 39.8 Å². The minimum atomic E-state index is -0.629. The Bertz CT molecular complexity index is 1350. The van der Waals surface area contributed by atoms with Gasteiger partial charge in [-0.05, 0) is 47.6 Å². The van der Waals surface area contributed by atoms with Crippen LogP contribution in [0.2, 0.25) is 0 Å². The molecule has 2 aromatic carbocycles. The molecular weight excluding hydrogens is 496 g/mol. The second-order valence-electron chi connectivity index (χ2n) is 6.55. The van der Waals surface area contributed by atoms with E-state index in [0.717, 1.165) is 4.68 Å². The normalized spacial score (nSPS) is 11.0. The first kappa shape index (κ1) is 21.8. The molecule has 12 nitrogen and oxygen atoms in total. The molecule has 0 saturated heterocycles. The van der Waals surface area contributed by atoms with Gasteiger partial charge in [0.1, 0.15) is 5.75 Å². The molecule has 4 rings (SSSR count). The maximum Gasteiger partial charge on any atom is 0.343 e. The molecule has 166 valence electrons. The van der Waals surface area contributed by atoms with Crippen LogP contribution in [-0.2, 0) is 0 Å². The highest BCUT2D eigenvalue weighted by Crippen LogP contribution is 2.23. The molecule has 2 aromatic heterocycles. The highest BCUT2D eigenvalue weighted by molar-refractivity contribution is 9.10. The molecule has 0 radical (unpaired) electrons. The van der Waals surface area contributed by atoms with Gasteiger partial charge in [0.15, 0.2) is 5.69 Å². The number of ether oxygens (including phenoxy) is 1. The molecule has 33 heavy (non-hydrogen) atoms. The lowest BCUT2D eigenvalue weighted by molar-refractivity contribution is 0.0734. The third-order valence-electron chi connectivity index (χ3n) is 4.31. The van der Waals surface area contributed by atoms with Crippen LogP contribution in [0, 0.1) is 6.92 Å². The van der Waals surface area contributed by atoms with Crippen LogP contribution in [-0.4, -0.2) is 43.4 Å². The molecule has 0 aliphatic rings. The SMILES string of the molecule is Cc1nnn(-c2nonc2N)c1C(=O)N/N=C/c1ccc(Br)cc1OC(=O)c1ccccc1. The van der Waals surface area contributed by atoms with Crippen LogP contribution in [0.1, 0.15) is 32.1 Å². The van der Waals surface area contributed by atoms with Crippen LogP contribution in [0.5, 0.6) is 5.75 Å². The van der Waals surface area contributed by atoms with Gasteiger partial charge in [-0.2, -0.15) is 9.78 Å². The summed E-state index contributed by atoms with van der Waals surface area (Å²) in [5.41, 5.74) is 9.26. The van der Waals surface area contributed by atoms with Gasteiger partial charge in [-0.1, -0.05) is 39.3 Å². The number of hydrazone groups is 1. The molecule has 0 aliphatic carbocycles. The monoisotopic (exact) mass is 510 g/mol. The highest BCUT2D eigenvalue weighted by atomic mass is 79.9. The Balaban J connectivity index is 1.53. The number of esters is 1. The number of nitrogens with two attached hydrogens (primary N) is 1. The maximum absolute atomic E-state index is 12.7. The molecule has 0 atom stereocenters. The lowest BCUT2D eigenvalue weighted by Crippen LogP contribution is -2.23. The van der Waals surface area contributed by atoms with E-state index < -0.39 is 11.9 Å². The number of nitrogens with one attached hydrogen (secondary N) is 1. The Kier molecular flexibility index (Phi) is 6.22. The summed E-state index contributed by atoms with van der Waals surface area (Å²) in [6.45, 7) is 1.59. The van der Waals surface area contributed by atoms with Crippen molar-refractivity contribution in [1.29, 1.82) is 0 Å². The van der Waals surface area contributed by atoms with Crippen molar-refractivity contribution in [1.82, 2.24) is 30.7 Å². The summed E-state index contributed by atoms with van der Waals surface area (Å²) in [6.07, 6.45) is 1.34. The van der Waals surface area contributed by atoms with Crippen LogP contribution in [0.4, 0.5) is 5.82 Å². The predicted octanol–water partition coefficient (Wildman–Crippen LogP) is 2.29. The fourth-order valence-corrected chi connectivity index (χ4v) is 3.09. The number of carbonyl (C=O) groups excluding carboxylic acids is 2. The van der Waals surface area contributed by atoms with E-state index in [1.807, 2.05) is 0 Å². The van der Waals surface area contributed by atoms with Gasteiger partial charge in [0, 0.05) is 10.0 Å². The van der Waals surface area contributed by atoms with Crippen molar-refractivity contribution in [3.63, 3.8) is 0 Å². The van der Waals surface area contributed by atoms with Crippen molar-refractivity contribution in [2.45, 2.75) is 6.92 Å². The topological polar surface area (TPSA) is 163 Å². The van der Waals surface area contributed by atoms with Crippen LogP contribution >= 0.6 is 15.9 Å². The third kappa shape index (κ3) is 4.77. The van der Waals surface area contributed by atoms with E-state index in [0.29, 0.717) is 21.3 Å². The number of nitrogen functional groups attached to an aromatic ring is 1. The van der Waals surface area contributed by atoms with Gasteiger partial charge in [0.2, 0.25) is 11.6 Å². The molecule has 3 N–H and O–H groups in total. The van der Waals surface area contributed by atoms with Crippen molar-refractivity contribution in [2.24, 2.45) is 5.10 Å². The Morgan fingerprint density at radius 1 is 1.21 bits per heavy atom. The van der Waals surface area contributed by atoms with Gasteiger partial charge in [-0.15, -0.1) is 5.10 Å². The summed E-state index contributed by atoms with van der Waals surface area (Å²) >= 11 is 3.35. The number of rotatable bonds is 6. The van der Waals surface area contributed by atoms with E-state index in [1.165, 1.54) is 6.21 Å².